The third kappa shape index (κ3) is 3.24. The van der Waals surface area contributed by atoms with Crippen LogP contribution in [0.5, 0.6) is 0 Å². The number of hydrogen-bond donors (Lipinski definition) is 2. The molecule has 1 aromatic heterocycles. The molecule has 8 heteroatoms. The summed E-state index contributed by atoms with van der Waals surface area (Å²) in [4.78, 5) is 14.6. The van der Waals surface area contributed by atoms with Crippen molar-refractivity contribution in [1.82, 2.24) is 10.3 Å². The summed E-state index contributed by atoms with van der Waals surface area (Å²) in [6.45, 7) is 1.59. The molecule has 0 atom stereocenters. The van der Waals surface area contributed by atoms with E-state index in [0.29, 0.717) is 27.3 Å². The highest BCUT2D eigenvalue weighted by Gasteiger charge is 2.19. The first kappa shape index (κ1) is 18.5. The van der Waals surface area contributed by atoms with Crippen LogP contribution in [-0.2, 0) is 10.0 Å². The minimum Gasteiger partial charge on any atom is -0.456 e. The molecular weight excluding hydrogens is 400 g/mol. The Labute approximate surface area is 166 Å². The number of hydrazine groups is 1. The number of furan rings is 1. The van der Waals surface area contributed by atoms with Crippen molar-refractivity contribution in [2.24, 2.45) is 0 Å². The maximum Gasteiger partial charge on any atom is 0.266 e. The molecule has 6 nitrogen and oxygen atoms in total. The lowest BCUT2D eigenvalue weighted by atomic mass is 10.1. The molecule has 0 radical (unpaired) electrons. The summed E-state index contributed by atoms with van der Waals surface area (Å²) in [6.07, 6.45) is 0. The van der Waals surface area contributed by atoms with Crippen LogP contribution in [0.4, 0.5) is 0 Å². The molecule has 0 aliphatic heterocycles. The molecular formula is C20H15ClN2O4S. The Bertz CT molecular complexity index is 1330. The first-order valence-electron chi connectivity index (χ1n) is 8.35. The van der Waals surface area contributed by atoms with Crippen LogP contribution in [0, 0.1) is 6.92 Å². The maximum atomic E-state index is 12.5. The molecule has 142 valence electrons. The molecule has 3 aromatic carbocycles. The van der Waals surface area contributed by atoms with E-state index in [4.69, 9.17) is 16.0 Å². The molecule has 1 heterocycles. The number of carbonyl (C=O) groups excluding carboxylic acids is 1. The number of rotatable bonds is 4. The van der Waals surface area contributed by atoms with Crippen molar-refractivity contribution in [3.05, 3.63) is 76.8 Å². The van der Waals surface area contributed by atoms with E-state index in [-0.39, 0.29) is 4.90 Å². The zero-order valence-electron chi connectivity index (χ0n) is 14.7. The Morgan fingerprint density at radius 2 is 1.71 bits per heavy atom. The Morgan fingerprint density at radius 3 is 2.54 bits per heavy atom. The molecule has 4 rings (SSSR count). The van der Waals surface area contributed by atoms with Gasteiger partial charge in [-0.2, -0.15) is 0 Å². The number of carbonyl (C=O) groups is 1. The second kappa shape index (κ2) is 6.94. The fraction of sp³-hybridized carbons (Fsp3) is 0.0500. The van der Waals surface area contributed by atoms with Gasteiger partial charge in [-0.25, -0.2) is 8.42 Å². The van der Waals surface area contributed by atoms with Crippen LogP contribution in [0.3, 0.4) is 0 Å². The summed E-state index contributed by atoms with van der Waals surface area (Å²) in [5, 5.41) is 1.98. The van der Waals surface area contributed by atoms with Gasteiger partial charge in [0.15, 0.2) is 0 Å². The first-order chi connectivity index (χ1) is 13.4. The second-order valence-electron chi connectivity index (χ2n) is 6.23. The summed E-state index contributed by atoms with van der Waals surface area (Å²) in [6, 6.07) is 16.9. The van der Waals surface area contributed by atoms with Gasteiger partial charge < -0.3 is 4.42 Å². The lowest BCUT2D eigenvalue weighted by Crippen LogP contribution is -2.41. The number of nitrogens with one attached hydrogen (secondary N) is 2. The molecule has 0 saturated carbocycles. The van der Waals surface area contributed by atoms with Crippen molar-refractivity contribution in [3.8, 4) is 0 Å². The van der Waals surface area contributed by atoms with Crippen LogP contribution in [0.2, 0.25) is 5.02 Å². The van der Waals surface area contributed by atoms with Crippen molar-refractivity contribution in [3.63, 3.8) is 0 Å². The summed E-state index contributed by atoms with van der Waals surface area (Å²) in [7, 11) is -3.97. The molecule has 0 saturated heterocycles. The zero-order chi connectivity index (χ0) is 19.9. The van der Waals surface area contributed by atoms with Crippen molar-refractivity contribution < 1.29 is 17.6 Å². The second-order valence-corrected chi connectivity index (χ2v) is 8.29. The van der Waals surface area contributed by atoms with Crippen LogP contribution >= 0.6 is 11.6 Å². The van der Waals surface area contributed by atoms with E-state index in [1.54, 1.807) is 31.2 Å². The highest BCUT2D eigenvalue weighted by atomic mass is 35.5. The fourth-order valence-electron chi connectivity index (χ4n) is 2.99. The van der Waals surface area contributed by atoms with E-state index in [1.807, 2.05) is 24.3 Å². The van der Waals surface area contributed by atoms with Gasteiger partial charge in [-0.15, -0.1) is 4.83 Å². The molecule has 0 fully saturated rings. The highest BCUT2D eigenvalue weighted by molar-refractivity contribution is 7.89. The zero-order valence-corrected chi connectivity index (χ0v) is 16.3. The minimum atomic E-state index is -3.97. The number of fused-ring (bicyclic) bond motifs is 3. The van der Waals surface area contributed by atoms with Gasteiger partial charge in [0.25, 0.3) is 15.9 Å². The Hall–Kier alpha value is -2.87. The normalized spacial score (nSPS) is 11.8. The van der Waals surface area contributed by atoms with Gasteiger partial charge >= 0.3 is 0 Å². The lowest BCUT2D eigenvalue weighted by Gasteiger charge is -2.11. The summed E-state index contributed by atoms with van der Waals surface area (Å²) < 4.78 is 30.7. The number of benzene rings is 3. The molecule has 0 unspecified atom stereocenters. The van der Waals surface area contributed by atoms with Crippen LogP contribution < -0.4 is 10.3 Å². The van der Waals surface area contributed by atoms with E-state index in [0.717, 1.165) is 10.8 Å². The van der Waals surface area contributed by atoms with Crippen LogP contribution in [-0.4, -0.2) is 14.3 Å². The van der Waals surface area contributed by atoms with Gasteiger partial charge in [-0.05, 0) is 48.9 Å². The van der Waals surface area contributed by atoms with Crippen LogP contribution in [0.1, 0.15) is 15.9 Å². The number of para-hydroxylation sites is 1. The Kier molecular flexibility index (Phi) is 4.58. The van der Waals surface area contributed by atoms with Gasteiger partial charge in [0, 0.05) is 21.4 Å². The van der Waals surface area contributed by atoms with Gasteiger partial charge in [-0.1, -0.05) is 35.9 Å². The van der Waals surface area contributed by atoms with Crippen molar-refractivity contribution >= 4 is 49.5 Å². The lowest BCUT2D eigenvalue weighted by molar-refractivity contribution is 0.0945. The molecule has 0 aliphatic carbocycles. The quantitative estimate of drug-likeness (QED) is 0.490. The highest BCUT2D eigenvalue weighted by Crippen LogP contribution is 2.29. The average Bonchev–Trinajstić information content (AvgIpc) is 3.06. The number of sulfonamides is 1. The molecule has 2 N–H and O–H groups in total. The van der Waals surface area contributed by atoms with Gasteiger partial charge in [0.05, 0.1) is 4.90 Å². The van der Waals surface area contributed by atoms with Crippen LogP contribution in [0.15, 0.2) is 70.0 Å². The molecule has 4 aromatic rings. The van der Waals surface area contributed by atoms with Gasteiger partial charge in [-0.3, -0.25) is 10.2 Å². The minimum absolute atomic E-state index is 0.00317. The van der Waals surface area contributed by atoms with E-state index >= 15 is 0 Å². The summed E-state index contributed by atoms with van der Waals surface area (Å²) in [5.41, 5.74) is 4.30. The predicted molar refractivity (Wildman–Crippen MR) is 108 cm³/mol. The third-order valence-electron chi connectivity index (χ3n) is 4.45. The SMILES string of the molecule is Cc1c(Cl)cccc1S(=O)(=O)NNC(=O)c1ccc2oc3ccccc3c2c1. The van der Waals surface area contributed by atoms with Crippen molar-refractivity contribution in [2.45, 2.75) is 11.8 Å². The Balaban J connectivity index is 1.60. The molecule has 0 aliphatic rings. The first-order valence-corrected chi connectivity index (χ1v) is 10.2. The third-order valence-corrected chi connectivity index (χ3v) is 6.25. The van der Waals surface area contributed by atoms with Crippen molar-refractivity contribution in [2.75, 3.05) is 0 Å². The predicted octanol–water partition coefficient (Wildman–Crippen LogP) is 4.17. The monoisotopic (exact) mass is 414 g/mol. The molecule has 28 heavy (non-hydrogen) atoms. The van der Waals surface area contributed by atoms with E-state index in [9.17, 15) is 13.2 Å². The molecule has 1 amide bonds. The number of amides is 1. The van der Waals surface area contributed by atoms with E-state index < -0.39 is 15.9 Å². The van der Waals surface area contributed by atoms with E-state index in [2.05, 4.69) is 10.3 Å². The maximum absolute atomic E-state index is 12.5. The Morgan fingerprint density at radius 1 is 0.964 bits per heavy atom. The topological polar surface area (TPSA) is 88.4 Å². The van der Waals surface area contributed by atoms with Gasteiger partial charge in [0.2, 0.25) is 0 Å². The summed E-state index contributed by atoms with van der Waals surface area (Å²) in [5.74, 6) is -0.588. The standard InChI is InChI=1S/C20H15ClN2O4S/c1-12-16(21)6-4-8-19(12)28(25,26)23-22-20(24)13-9-10-18-15(11-13)14-5-2-3-7-17(14)27-18/h2-11,23H,1H3,(H,22,24). The van der Waals surface area contributed by atoms with Gasteiger partial charge in [0.1, 0.15) is 11.2 Å². The van der Waals surface area contributed by atoms with Crippen molar-refractivity contribution in [1.29, 1.82) is 0 Å². The number of hydrogen-bond acceptors (Lipinski definition) is 4. The summed E-state index contributed by atoms with van der Waals surface area (Å²) >= 11 is 5.98. The average molecular weight is 415 g/mol. The molecule has 0 spiro atoms. The fourth-order valence-corrected chi connectivity index (χ4v) is 4.33. The van der Waals surface area contributed by atoms with Crippen LogP contribution in [0.25, 0.3) is 21.9 Å². The molecule has 0 bridgehead atoms. The largest absolute Gasteiger partial charge is 0.456 e. The number of halogens is 1. The van der Waals surface area contributed by atoms with E-state index in [1.165, 1.54) is 12.1 Å². The smallest absolute Gasteiger partial charge is 0.266 e.